The van der Waals surface area contributed by atoms with E-state index in [1.54, 1.807) is 17.1 Å². The molecule has 0 bridgehead atoms. The molecule has 1 aromatic carbocycles. The smallest absolute Gasteiger partial charge is 0.167 e. The van der Waals surface area contributed by atoms with Crippen molar-refractivity contribution in [1.82, 2.24) is 29.3 Å². The summed E-state index contributed by atoms with van der Waals surface area (Å²) >= 11 is 0. The second-order valence-electron chi connectivity index (χ2n) is 7.48. The van der Waals surface area contributed by atoms with Gasteiger partial charge in [-0.05, 0) is 79.9 Å². The molecule has 1 aliphatic rings. The molecule has 0 saturated carbocycles. The van der Waals surface area contributed by atoms with E-state index in [0.29, 0.717) is 5.82 Å². The number of hydrogen-bond acceptors (Lipinski definition) is 6. The van der Waals surface area contributed by atoms with E-state index in [1.807, 2.05) is 36.5 Å². The van der Waals surface area contributed by atoms with Gasteiger partial charge in [0.25, 0.3) is 0 Å². The number of nitrogens with zero attached hydrogens (tertiary/aromatic N) is 6. The van der Waals surface area contributed by atoms with Crippen LogP contribution in [0.25, 0.3) is 34.1 Å². The maximum absolute atomic E-state index is 6.22. The van der Waals surface area contributed by atoms with Gasteiger partial charge < -0.3 is 11.5 Å². The van der Waals surface area contributed by atoms with Gasteiger partial charge in [0, 0.05) is 24.3 Å². The van der Waals surface area contributed by atoms with Crippen molar-refractivity contribution < 1.29 is 0 Å². The maximum Gasteiger partial charge on any atom is 0.167 e. The first-order valence-electron chi connectivity index (χ1n) is 10.6. The summed E-state index contributed by atoms with van der Waals surface area (Å²) in [6.45, 7) is 0. The molecule has 6 rings (SSSR count). The lowest BCUT2D eigenvalue weighted by atomic mass is 10.1. The van der Waals surface area contributed by atoms with Crippen LogP contribution in [0.5, 0.6) is 0 Å². The monoisotopic (exact) mass is 424 g/mol. The summed E-state index contributed by atoms with van der Waals surface area (Å²) in [6.07, 6.45) is 8.76. The molecule has 0 unspecified atom stereocenters. The zero-order chi connectivity index (χ0) is 22.1. The Kier molecular flexibility index (Phi) is 5.12. The molecule has 0 radical (unpaired) electrons. The van der Waals surface area contributed by atoms with Gasteiger partial charge in [-0.1, -0.05) is 6.07 Å². The minimum atomic E-state index is 0.447. The fourth-order valence-electron chi connectivity index (χ4n) is 4.21. The standard InChI is InChI=1S/C23H19N7.CH5N/c24-21-18(6-2-11-25-21)22-27-19-9-10-20(29-13-3-12-26-29)28-23(19)30(22)17-8-7-15-4-1-5-16(15)14-17;1-2/h2-3,6-14H,1,4-5H2,(H2,24,25);2H2,1H3. The summed E-state index contributed by atoms with van der Waals surface area (Å²) in [5, 5.41) is 4.32. The molecule has 0 amide bonds. The van der Waals surface area contributed by atoms with Crippen molar-refractivity contribution in [3.8, 4) is 22.9 Å². The van der Waals surface area contributed by atoms with Crippen molar-refractivity contribution in [2.45, 2.75) is 19.3 Å². The Balaban J connectivity index is 0.00000105. The molecule has 8 heteroatoms. The average Bonchev–Trinajstić information content (AvgIpc) is 3.59. The lowest BCUT2D eigenvalue weighted by molar-refractivity contribution is 0.849. The van der Waals surface area contributed by atoms with E-state index in [1.165, 1.54) is 24.6 Å². The molecule has 5 aromatic rings. The largest absolute Gasteiger partial charge is 0.383 e. The molecule has 0 spiro atoms. The molecule has 0 saturated heterocycles. The highest BCUT2D eigenvalue weighted by Crippen LogP contribution is 2.32. The molecular weight excluding hydrogens is 400 g/mol. The van der Waals surface area contributed by atoms with Gasteiger partial charge >= 0.3 is 0 Å². The van der Waals surface area contributed by atoms with Gasteiger partial charge in [-0.15, -0.1) is 0 Å². The number of hydrogen-bond donors (Lipinski definition) is 2. The SMILES string of the molecule is CN.Nc1ncccc1-c1nc2ccc(-n3cccn3)nc2n1-c1ccc2c(c1)CCC2. The fraction of sp³-hybridized carbons (Fsp3) is 0.167. The number of benzene rings is 1. The van der Waals surface area contributed by atoms with Gasteiger partial charge in [0.1, 0.15) is 11.3 Å². The predicted octanol–water partition coefficient (Wildman–Crippen LogP) is 3.31. The number of imidazole rings is 1. The number of anilines is 1. The van der Waals surface area contributed by atoms with E-state index in [4.69, 9.17) is 15.7 Å². The second-order valence-corrected chi connectivity index (χ2v) is 7.48. The van der Waals surface area contributed by atoms with Crippen molar-refractivity contribution in [1.29, 1.82) is 0 Å². The molecule has 0 fully saturated rings. The van der Waals surface area contributed by atoms with Crippen LogP contribution in [0.15, 0.2) is 67.1 Å². The zero-order valence-electron chi connectivity index (χ0n) is 17.8. The topological polar surface area (TPSA) is 113 Å². The van der Waals surface area contributed by atoms with Gasteiger partial charge in [0.2, 0.25) is 0 Å². The molecule has 4 heterocycles. The zero-order valence-corrected chi connectivity index (χ0v) is 17.8. The molecule has 160 valence electrons. The van der Waals surface area contributed by atoms with Gasteiger partial charge in [-0.2, -0.15) is 5.10 Å². The third-order valence-corrected chi connectivity index (χ3v) is 5.65. The summed E-state index contributed by atoms with van der Waals surface area (Å²) in [4.78, 5) is 14.1. The van der Waals surface area contributed by atoms with Crippen molar-refractivity contribution in [2.75, 3.05) is 12.8 Å². The van der Waals surface area contributed by atoms with Crippen LogP contribution in [0, 0.1) is 0 Å². The van der Waals surface area contributed by atoms with E-state index < -0.39 is 0 Å². The molecule has 4 N–H and O–H groups in total. The van der Waals surface area contributed by atoms with Gasteiger partial charge in [-0.3, -0.25) is 4.57 Å². The average molecular weight is 425 g/mol. The van der Waals surface area contributed by atoms with E-state index in [9.17, 15) is 0 Å². The maximum atomic E-state index is 6.22. The summed E-state index contributed by atoms with van der Waals surface area (Å²) in [5.74, 6) is 1.92. The van der Waals surface area contributed by atoms with Gasteiger partial charge in [0.15, 0.2) is 17.3 Å². The van der Waals surface area contributed by atoms with Crippen LogP contribution < -0.4 is 11.5 Å². The highest BCUT2D eigenvalue weighted by molar-refractivity contribution is 5.83. The number of nitrogen functional groups attached to an aromatic ring is 1. The summed E-state index contributed by atoms with van der Waals surface area (Å²) in [7, 11) is 1.50. The van der Waals surface area contributed by atoms with Crippen LogP contribution >= 0.6 is 0 Å². The minimum absolute atomic E-state index is 0.447. The number of nitrogens with two attached hydrogens (primary N) is 2. The predicted molar refractivity (Wildman–Crippen MR) is 126 cm³/mol. The van der Waals surface area contributed by atoms with Crippen molar-refractivity contribution in [3.05, 3.63) is 78.2 Å². The summed E-state index contributed by atoms with van der Waals surface area (Å²) in [6, 6.07) is 16.2. The molecular formula is C24H24N8. The van der Waals surface area contributed by atoms with Crippen LogP contribution in [0.1, 0.15) is 17.5 Å². The molecule has 0 atom stereocenters. The number of pyridine rings is 2. The van der Waals surface area contributed by atoms with Crippen molar-refractivity contribution in [2.24, 2.45) is 5.73 Å². The second kappa shape index (κ2) is 8.24. The third-order valence-electron chi connectivity index (χ3n) is 5.65. The molecule has 1 aliphatic carbocycles. The van der Waals surface area contributed by atoms with Crippen LogP contribution in [-0.4, -0.2) is 36.3 Å². The Bertz CT molecular complexity index is 1380. The van der Waals surface area contributed by atoms with Crippen LogP contribution in [0.3, 0.4) is 0 Å². The third kappa shape index (κ3) is 3.30. The van der Waals surface area contributed by atoms with E-state index in [0.717, 1.165) is 46.9 Å². The normalized spacial score (nSPS) is 12.4. The molecule has 0 aliphatic heterocycles. The van der Waals surface area contributed by atoms with Crippen molar-refractivity contribution >= 4 is 17.0 Å². The Morgan fingerprint density at radius 3 is 2.59 bits per heavy atom. The minimum Gasteiger partial charge on any atom is -0.383 e. The first-order valence-corrected chi connectivity index (χ1v) is 10.6. The molecule has 4 aromatic heterocycles. The van der Waals surface area contributed by atoms with E-state index in [-0.39, 0.29) is 0 Å². The summed E-state index contributed by atoms with van der Waals surface area (Å²) in [5.41, 5.74) is 16.9. The Hall–Kier alpha value is -4.04. The Morgan fingerprint density at radius 2 is 1.78 bits per heavy atom. The highest BCUT2D eigenvalue weighted by atomic mass is 15.3. The van der Waals surface area contributed by atoms with Gasteiger partial charge in [-0.25, -0.2) is 19.6 Å². The number of aromatic nitrogens is 6. The quantitative estimate of drug-likeness (QED) is 0.459. The number of rotatable bonds is 3. The number of fused-ring (bicyclic) bond motifs is 2. The summed E-state index contributed by atoms with van der Waals surface area (Å²) < 4.78 is 3.83. The van der Waals surface area contributed by atoms with Gasteiger partial charge in [0.05, 0.1) is 5.56 Å². The lowest BCUT2D eigenvalue weighted by Gasteiger charge is -2.12. The van der Waals surface area contributed by atoms with Crippen LogP contribution in [-0.2, 0) is 12.8 Å². The van der Waals surface area contributed by atoms with Crippen molar-refractivity contribution in [3.63, 3.8) is 0 Å². The Morgan fingerprint density at radius 1 is 0.906 bits per heavy atom. The molecule has 32 heavy (non-hydrogen) atoms. The first kappa shape index (κ1) is 19.9. The number of aryl methyl sites for hydroxylation is 2. The lowest BCUT2D eigenvalue weighted by Crippen LogP contribution is -2.04. The fourth-order valence-corrected chi connectivity index (χ4v) is 4.21. The Labute approximate surface area is 185 Å². The van der Waals surface area contributed by atoms with E-state index in [2.05, 4.69) is 38.6 Å². The highest BCUT2D eigenvalue weighted by Gasteiger charge is 2.20. The van der Waals surface area contributed by atoms with Crippen LogP contribution in [0.2, 0.25) is 0 Å². The first-order chi connectivity index (χ1) is 15.8. The molecule has 8 nitrogen and oxygen atoms in total. The van der Waals surface area contributed by atoms with Crippen LogP contribution in [0.4, 0.5) is 5.82 Å². The van der Waals surface area contributed by atoms with E-state index >= 15 is 0 Å².